The molecular weight excluding hydrogens is 186 g/mol. The van der Waals surface area contributed by atoms with E-state index in [1.807, 2.05) is 0 Å². The standard InChI is InChI=1S/C10H8ClNO/c11-9-3-6-1-2-7(5-12)8(6)4-10(9)13/h3-4,7,13H,1-2H2. The fourth-order valence-corrected chi connectivity index (χ4v) is 1.94. The van der Waals surface area contributed by atoms with Crippen molar-refractivity contribution in [3.63, 3.8) is 0 Å². The third-order valence-electron chi connectivity index (χ3n) is 2.44. The summed E-state index contributed by atoms with van der Waals surface area (Å²) in [6.07, 6.45) is 1.72. The van der Waals surface area contributed by atoms with Gasteiger partial charge in [0.05, 0.1) is 17.0 Å². The molecule has 0 fully saturated rings. The quantitative estimate of drug-likeness (QED) is 0.688. The van der Waals surface area contributed by atoms with E-state index in [-0.39, 0.29) is 11.7 Å². The summed E-state index contributed by atoms with van der Waals surface area (Å²) in [5.41, 5.74) is 2.03. The zero-order chi connectivity index (χ0) is 9.42. The van der Waals surface area contributed by atoms with Gasteiger partial charge in [0.1, 0.15) is 5.75 Å². The Balaban J connectivity index is 2.55. The molecule has 0 radical (unpaired) electrons. The van der Waals surface area contributed by atoms with Gasteiger partial charge in [-0.3, -0.25) is 0 Å². The lowest BCUT2D eigenvalue weighted by molar-refractivity contribution is 0.474. The van der Waals surface area contributed by atoms with Crippen molar-refractivity contribution >= 4 is 11.6 Å². The Kier molecular flexibility index (Phi) is 1.90. The topological polar surface area (TPSA) is 44.0 Å². The number of hydrogen-bond donors (Lipinski definition) is 1. The van der Waals surface area contributed by atoms with Gasteiger partial charge in [-0.1, -0.05) is 11.6 Å². The van der Waals surface area contributed by atoms with E-state index in [0.717, 1.165) is 24.0 Å². The molecule has 0 saturated carbocycles. The Morgan fingerprint density at radius 1 is 1.54 bits per heavy atom. The summed E-state index contributed by atoms with van der Waals surface area (Å²) in [5, 5.41) is 18.5. The van der Waals surface area contributed by atoms with Crippen molar-refractivity contribution in [2.45, 2.75) is 18.8 Å². The number of hydrogen-bond acceptors (Lipinski definition) is 2. The summed E-state index contributed by atoms with van der Waals surface area (Å²) in [6, 6.07) is 5.58. The molecule has 0 heterocycles. The highest BCUT2D eigenvalue weighted by Crippen LogP contribution is 2.38. The van der Waals surface area contributed by atoms with Crippen molar-refractivity contribution in [1.29, 1.82) is 5.26 Å². The summed E-state index contributed by atoms with van der Waals surface area (Å²) >= 11 is 5.75. The molecule has 1 aliphatic rings. The second kappa shape index (κ2) is 2.93. The summed E-state index contributed by atoms with van der Waals surface area (Å²) in [4.78, 5) is 0. The first kappa shape index (κ1) is 8.40. The van der Waals surface area contributed by atoms with Gasteiger partial charge in [-0.15, -0.1) is 0 Å². The van der Waals surface area contributed by atoms with Gasteiger partial charge in [-0.2, -0.15) is 5.26 Å². The van der Waals surface area contributed by atoms with Crippen LogP contribution in [0.15, 0.2) is 12.1 Å². The molecule has 1 unspecified atom stereocenters. The van der Waals surface area contributed by atoms with Gasteiger partial charge in [-0.25, -0.2) is 0 Å². The highest BCUT2D eigenvalue weighted by atomic mass is 35.5. The Morgan fingerprint density at radius 3 is 3.00 bits per heavy atom. The van der Waals surface area contributed by atoms with Gasteiger partial charge in [-0.05, 0) is 36.1 Å². The second-order valence-electron chi connectivity index (χ2n) is 3.22. The molecule has 1 aliphatic carbocycles. The summed E-state index contributed by atoms with van der Waals surface area (Å²) in [7, 11) is 0. The molecule has 0 saturated heterocycles. The van der Waals surface area contributed by atoms with Gasteiger partial charge < -0.3 is 5.11 Å². The fraction of sp³-hybridized carbons (Fsp3) is 0.300. The van der Waals surface area contributed by atoms with E-state index in [2.05, 4.69) is 6.07 Å². The van der Waals surface area contributed by atoms with Crippen molar-refractivity contribution in [2.75, 3.05) is 0 Å². The van der Waals surface area contributed by atoms with Gasteiger partial charge >= 0.3 is 0 Å². The minimum absolute atomic E-state index is 0.0711. The molecule has 1 aromatic rings. The van der Waals surface area contributed by atoms with Crippen LogP contribution in [0.4, 0.5) is 0 Å². The zero-order valence-corrected chi connectivity index (χ0v) is 7.67. The number of fused-ring (bicyclic) bond motifs is 1. The fourth-order valence-electron chi connectivity index (χ4n) is 1.75. The molecule has 0 bridgehead atoms. The highest BCUT2D eigenvalue weighted by Gasteiger charge is 2.23. The van der Waals surface area contributed by atoms with Crippen LogP contribution in [-0.4, -0.2) is 5.11 Å². The van der Waals surface area contributed by atoms with E-state index in [1.165, 1.54) is 0 Å². The Bertz CT molecular complexity index is 395. The average Bonchev–Trinajstić information content (AvgIpc) is 2.48. The van der Waals surface area contributed by atoms with Crippen LogP contribution in [0.5, 0.6) is 5.75 Å². The average molecular weight is 194 g/mol. The van der Waals surface area contributed by atoms with Gasteiger partial charge in [0.25, 0.3) is 0 Å². The van der Waals surface area contributed by atoms with Crippen LogP contribution in [0.1, 0.15) is 23.5 Å². The summed E-state index contributed by atoms with van der Waals surface area (Å²) in [6.45, 7) is 0. The first-order valence-electron chi connectivity index (χ1n) is 4.13. The van der Waals surface area contributed by atoms with E-state index in [4.69, 9.17) is 16.9 Å². The predicted molar refractivity (Wildman–Crippen MR) is 49.8 cm³/mol. The van der Waals surface area contributed by atoms with E-state index in [1.54, 1.807) is 12.1 Å². The first-order valence-corrected chi connectivity index (χ1v) is 4.51. The van der Waals surface area contributed by atoms with Gasteiger partial charge in [0.15, 0.2) is 0 Å². The van der Waals surface area contributed by atoms with Gasteiger partial charge in [0, 0.05) is 0 Å². The first-order chi connectivity index (χ1) is 6.22. The smallest absolute Gasteiger partial charge is 0.134 e. The molecule has 3 heteroatoms. The minimum atomic E-state index is -0.0711. The third kappa shape index (κ3) is 1.26. The van der Waals surface area contributed by atoms with Crippen LogP contribution in [0, 0.1) is 11.3 Å². The normalized spacial score (nSPS) is 19.5. The maximum Gasteiger partial charge on any atom is 0.134 e. The molecule has 1 aromatic carbocycles. The molecule has 66 valence electrons. The molecule has 0 spiro atoms. The molecule has 1 N–H and O–H groups in total. The highest BCUT2D eigenvalue weighted by molar-refractivity contribution is 6.32. The van der Waals surface area contributed by atoms with Crippen LogP contribution < -0.4 is 0 Å². The summed E-state index contributed by atoms with van der Waals surface area (Å²) < 4.78 is 0. The number of nitrogens with zero attached hydrogens (tertiary/aromatic N) is 1. The van der Waals surface area contributed by atoms with Crippen molar-refractivity contribution < 1.29 is 5.11 Å². The number of halogens is 1. The molecular formula is C10H8ClNO. The lowest BCUT2D eigenvalue weighted by Gasteiger charge is -2.04. The molecule has 2 rings (SSSR count). The van der Waals surface area contributed by atoms with Gasteiger partial charge in [0.2, 0.25) is 0 Å². The SMILES string of the molecule is N#CC1CCc2cc(Cl)c(O)cc21. The summed E-state index contributed by atoms with van der Waals surface area (Å²) in [5.74, 6) is 0.000679. The number of aryl methyl sites for hydroxylation is 1. The second-order valence-corrected chi connectivity index (χ2v) is 3.63. The molecule has 1 atom stereocenters. The van der Waals surface area contributed by atoms with Crippen molar-refractivity contribution in [3.8, 4) is 11.8 Å². The lowest BCUT2D eigenvalue weighted by atomic mass is 10.0. The zero-order valence-electron chi connectivity index (χ0n) is 6.92. The number of aromatic hydroxyl groups is 1. The van der Waals surface area contributed by atoms with Crippen LogP contribution in [0.3, 0.4) is 0 Å². The predicted octanol–water partition coefficient (Wildman–Crippen LogP) is 2.60. The molecule has 13 heavy (non-hydrogen) atoms. The van der Waals surface area contributed by atoms with Crippen molar-refractivity contribution in [2.24, 2.45) is 0 Å². The van der Waals surface area contributed by atoms with E-state index in [9.17, 15) is 5.11 Å². The van der Waals surface area contributed by atoms with Crippen LogP contribution in [-0.2, 0) is 6.42 Å². The monoisotopic (exact) mass is 193 g/mol. The third-order valence-corrected chi connectivity index (χ3v) is 2.74. The van der Waals surface area contributed by atoms with E-state index >= 15 is 0 Å². The maximum atomic E-state index is 9.36. The molecule has 0 amide bonds. The Labute approximate surface area is 81.4 Å². The molecule has 0 aliphatic heterocycles. The maximum absolute atomic E-state index is 9.36. The number of benzene rings is 1. The lowest BCUT2D eigenvalue weighted by Crippen LogP contribution is -1.88. The largest absolute Gasteiger partial charge is 0.506 e. The Morgan fingerprint density at radius 2 is 2.31 bits per heavy atom. The Hall–Kier alpha value is -1.20. The van der Waals surface area contributed by atoms with Crippen LogP contribution in [0.25, 0.3) is 0 Å². The van der Waals surface area contributed by atoms with Crippen LogP contribution >= 0.6 is 11.6 Å². The number of phenolic OH excluding ortho intramolecular Hbond substituents is 1. The van der Waals surface area contributed by atoms with E-state index < -0.39 is 0 Å². The number of rotatable bonds is 0. The number of phenols is 1. The number of nitriles is 1. The van der Waals surface area contributed by atoms with Crippen molar-refractivity contribution in [3.05, 3.63) is 28.3 Å². The van der Waals surface area contributed by atoms with E-state index in [0.29, 0.717) is 5.02 Å². The minimum Gasteiger partial charge on any atom is -0.506 e. The molecule has 2 nitrogen and oxygen atoms in total. The van der Waals surface area contributed by atoms with Crippen molar-refractivity contribution in [1.82, 2.24) is 0 Å². The van der Waals surface area contributed by atoms with Crippen LogP contribution in [0.2, 0.25) is 5.02 Å². The molecule has 0 aromatic heterocycles.